The zero-order valence-corrected chi connectivity index (χ0v) is 8.21. The molecular formula is C9H10O7. The predicted octanol–water partition coefficient (Wildman–Crippen LogP) is 0.398. The first-order valence-electron chi connectivity index (χ1n) is 4.46. The van der Waals surface area contributed by atoms with Crippen LogP contribution in [0.2, 0.25) is 0 Å². The van der Waals surface area contributed by atoms with Crippen molar-refractivity contribution >= 4 is 18.1 Å². The number of cyclic esters (lactones) is 2. The molecule has 0 aromatic rings. The summed E-state index contributed by atoms with van der Waals surface area (Å²) in [5.41, 5.74) is -0.240. The molecule has 1 unspecified atom stereocenters. The van der Waals surface area contributed by atoms with Gasteiger partial charge in [-0.1, -0.05) is 6.08 Å². The van der Waals surface area contributed by atoms with Gasteiger partial charge in [-0.25, -0.2) is 9.59 Å². The van der Waals surface area contributed by atoms with Crippen molar-refractivity contribution in [2.24, 2.45) is 0 Å². The largest absolute Gasteiger partial charge is 0.508 e. The fourth-order valence-electron chi connectivity index (χ4n) is 1.15. The first-order chi connectivity index (χ1) is 7.49. The van der Waals surface area contributed by atoms with Gasteiger partial charge in [0.15, 0.2) is 0 Å². The first-order valence-corrected chi connectivity index (χ1v) is 4.46. The Bertz CT molecular complexity index is 344. The molecule has 1 rings (SSSR count). The van der Waals surface area contributed by atoms with Crippen LogP contribution in [0.15, 0.2) is 11.6 Å². The lowest BCUT2D eigenvalue weighted by molar-refractivity contribution is -0.139. The van der Waals surface area contributed by atoms with Crippen LogP contribution in [0.5, 0.6) is 0 Å². The lowest BCUT2D eigenvalue weighted by atomic mass is 10.1. The van der Waals surface area contributed by atoms with E-state index in [1.54, 1.807) is 0 Å². The zero-order chi connectivity index (χ0) is 12.1. The van der Waals surface area contributed by atoms with Crippen molar-refractivity contribution < 1.29 is 34.1 Å². The molecule has 1 atom stereocenters. The second kappa shape index (κ2) is 5.15. The number of carbonyl (C=O) groups excluding carboxylic acids is 1. The van der Waals surface area contributed by atoms with E-state index in [9.17, 15) is 14.4 Å². The van der Waals surface area contributed by atoms with Crippen LogP contribution >= 0.6 is 0 Å². The van der Waals surface area contributed by atoms with Crippen LogP contribution in [0.25, 0.3) is 0 Å². The maximum Gasteiger partial charge on any atom is 0.508 e. The molecule has 1 aliphatic heterocycles. The molecule has 1 fully saturated rings. The van der Waals surface area contributed by atoms with Gasteiger partial charge in [0.25, 0.3) is 0 Å². The van der Waals surface area contributed by atoms with E-state index in [-0.39, 0.29) is 18.6 Å². The van der Waals surface area contributed by atoms with Crippen LogP contribution in [0.1, 0.15) is 12.8 Å². The third-order valence-corrected chi connectivity index (χ3v) is 1.89. The lowest BCUT2D eigenvalue weighted by Crippen LogP contribution is -2.11. The predicted molar refractivity (Wildman–Crippen MR) is 48.8 cm³/mol. The Hall–Kier alpha value is -2.05. The number of ether oxygens (including phenoxy) is 2. The molecule has 2 N–H and O–H groups in total. The average molecular weight is 230 g/mol. The number of carboxylic acids is 2. The minimum absolute atomic E-state index is 0.0509. The van der Waals surface area contributed by atoms with E-state index in [0.717, 1.165) is 0 Å². The summed E-state index contributed by atoms with van der Waals surface area (Å²) in [6.07, 6.45) is -0.565. The molecule has 88 valence electrons. The topological polar surface area (TPSA) is 110 Å². The maximum absolute atomic E-state index is 10.6. The summed E-state index contributed by atoms with van der Waals surface area (Å²) < 4.78 is 9.14. The normalized spacial score (nSPS) is 20.1. The molecule has 0 amide bonds. The van der Waals surface area contributed by atoms with Gasteiger partial charge in [0, 0.05) is 12.0 Å². The fraction of sp³-hybridized carbons (Fsp3) is 0.444. The summed E-state index contributed by atoms with van der Waals surface area (Å²) in [6.45, 7) is 0.0509. The Kier molecular flexibility index (Phi) is 3.87. The standard InChI is InChI=1S/C9H10O7/c10-7(11)3-5(8(12)13)1-2-6-4-15-9(14)16-6/h1,6H,2-4H2,(H,10,11)(H,12,13). The average Bonchev–Trinajstić information content (AvgIpc) is 2.58. The number of hydrogen-bond donors (Lipinski definition) is 2. The van der Waals surface area contributed by atoms with E-state index < -0.39 is 30.6 Å². The molecule has 0 saturated carbocycles. The van der Waals surface area contributed by atoms with Gasteiger partial charge in [-0.15, -0.1) is 0 Å². The molecule has 1 aliphatic rings. The van der Waals surface area contributed by atoms with Crippen LogP contribution in [-0.2, 0) is 19.1 Å². The molecule has 0 radical (unpaired) electrons. The van der Waals surface area contributed by atoms with Gasteiger partial charge in [-0.05, 0) is 0 Å². The van der Waals surface area contributed by atoms with E-state index >= 15 is 0 Å². The number of hydrogen-bond acceptors (Lipinski definition) is 5. The van der Waals surface area contributed by atoms with Crippen LogP contribution in [0.3, 0.4) is 0 Å². The molecule has 1 saturated heterocycles. The smallest absolute Gasteiger partial charge is 0.481 e. The Morgan fingerprint density at radius 3 is 2.56 bits per heavy atom. The van der Waals surface area contributed by atoms with E-state index in [1.807, 2.05) is 0 Å². The molecule has 0 aromatic heterocycles. The third kappa shape index (κ3) is 3.60. The summed E-state index contributed by atoms with van der Waals surface area (Å²) in [5, 5.41) is 17.1. The molecular weight excluding hydrogens is 220 g/mol. The second-order valence-corrected chi connectivity index (χ2v) is 3.14. The van der Waals surface area contributed by atoms with Crippen molar-refractivity contribution in [3.8, 4) is 0 Å². The highest BCUT2D eigenvalue weighted by atomic mass is 16.8. The van der Waals surface area contributed by atoms with Gasteiger partial charge >= 0.3 is 18.1 Å². The lowest BCUT2D eigenvalue weighted by Gasteiger charge is -2.03. The van der Waals surface area contributed by atoms with Gasteiger partial charge in [-0.2, -0.15) is 0 Å². The van der Waals surface area contributed by atoms with Gasteiger partial charge in [0.05, 0.1) is 6.42 Å². The summed E-state index contributed by atoms with van der Waals surface area (Å²) in [6, 6.07) is 0. The monoisotopic (exact) mass is 230 g/mol. The Morgan fingerprint density at radius 2 is 2.12 bits per heavy atom. The number of carbonyl (C=O) groups is 3. The fourth-order valence-corrected chi connectivity index (χ4v) is 1.15. The van der Waals surface area contributed by atoms with Gasteiger partial charge < -0.3 is 19.7 Å². The van der Waals surface area contributed by atoms with Gasteiger partial charge in [0.1, 0.15) is 12.7 Å². The highest BCUT2D eigenvalue weighted by Gasteiger charge is 2.24. The van der Waals surface area contributed by atoms with Crippen molar-refractivity contribution in [1.82, 2.24) is 0 Å². The minimum atomic E-state index is -1.30. The van der Waals surface area contributed by atoms with Crippen molar-refractivity contribution in [3.63, 3.8) is 0 Å². The molecule has 16 heavy (non-hydrogen) atoms. The summed E-state index contributed by atoms with van der Waals surface area (Å²) >= 11 is 0. The van der Waals surface area contributed by atoms with Crippen molar-refractivity contribution in [2.75, 3.05) is 6.61 Å². The Morgan fingerprint density at radius 1 is 1.44 bits per heavy atom. The summed E-state index contributed by atoms with van der Waals surface area (Å²) in [4.78, 5) is 31.5. The van der Waals surface area contributed by atoms with Crippen LogP contribution in [-0.4, -0.2) is 41.0 Å². The van der Waals surface area contributed by atoms with E-state index in [2.05, 4.69) is 9.47 Å². The molecule has 0 bridgehead atoms. The highest BCUT2D eigenvalue weighted by Crippen LogP contribution is 2.13. The quantitative estimate of drug-likeness (QED) is 0.519. The van der Waals surface area contributed by atoms with Crippen LogP contribution < -0.4 is 0 Å². The molecule has 0 aromatic carbocycles. The Labute approximate surface area is 90.3 Å². The number of carboxylic acid groups (broad SMARTS) is 2. The van der Waals surface area contributed by atoms with Crippen molar-refractivity contribution in [2.45, 2.75) is 18.9 Å². The highest BCUT2D eigenvalue weighted by molar-refractivity contribution is 5.92. The maximum atomic E-state index is 10.6. The molecule has 1 heterocycles. The zero-order valence-electron chi connectivity index (χ0n) is 8.21. The van der Waals surface area contributed by atoms with Crippen LogP contribution in [0, 0.1) is 0 Å². The molecule has 7 heteroatoms. The number of rotatable bonds is 5. The van der Waals surface area contributed by atoms with E-state index in [0.29, 0.717) is 0 Å². The van der Waals surface area contributed by atoms with Crippen molar-refractivity contribution in [3.05, 3.63) is 11.6 Å². The van der Waals surface area contributed by atoms with Crippen molar-refractivity contribution in [1.29, 1.82) is 0 Å². The van der Waals surface area contributed by atoms with E-state index in [4.69, 9.17) is 10.2 Å². The van der Waals surface area contributed by atoms with Gasteiger partial charge in [-0.3, -0.25) is 4.79 Å². The molecule has 0 aliphatic carbocycles. The summed E-state index contributed by atoms with van der Waals surface area (Å²) in [7, 11) is 0. The first kappa shape index (κ1) is 12.0. The minimum Gasteiger partial charge on any atom is -0.481 e. The van der Waals surface area contributed by atoms with Gasteiger partial charge in [0.2, 0.25) is 0 Å². The summed E-state index contributed by atoms with van der Waals surface area (Å²) in [5.74, 6) is -2.53. The second-order valence-electron chi connectivity index (χ2n) is 3.14. The number of aliphatic carboxylic acids is 2. The van der Waals surface area contributed by atoms with E-state index in [1.165, 1.54) is 6.08 Å². The Balaban J connectivity index is 2.54. The SMILES string of the molecule is O=C(O)CC(=CCC1COC(=O)O1)C(=O)O. The third-order valence-electron chi connectivity index (χ3n) is 1.89. The molecule has 0 spiro atoms. The van der Waals surface area contributed by atoms with Crippen LogP contribution in [0.4, 0.5) is 4.79 Å². The molecule has 7 nitrogen and oxygen atoms in total.